The highest BCUT2D eigenvalue weighted by atomic mass is 32.2. The van der Waals surface area contributed by atoms with Gasteiger partial charge < -0.3 is 15.9 Å². The third-order valence-electron chi connectivity index (χ3n) is 1.09. The molecule has 0 aliphatic rings. The zero-order valence-corrected chi connectivity index (χ0v) is 7.32. The van der Waals surface area contributed by atoms with E-state index in [4.69, 9.17) is 15.9 Å². The van der Waals surface area contributed by atoms with Gasteiger partial charge in [-0.2, -0.15) is 0 Å². The number of nitrogens with two attached hydrogens (primary N) is 1. The fraction of sp³-hybridized carbons (Fsp3) is 0.600. The maximum absolute atomic E-state index is 10.8. The Morgan fingerprint density at radius 3 is 2.08 bits per heavy atom. The first-order chi connectivity index (χ1) is 5.74. The van der Waals surface area contributed by atoms with E-state index in [0.29, 0.717) is 0 Å². The minimum absolute atomic E-state index is 0.866. The molecule has 0 aliphatic heterocycles. The predicted molar refractivity (Wildman–Crippen MR) is 41.9 cm³/mol. The Balaban J connectivity index is 4.35. The SMILES string of the molecule is NC(CS(=O)(=O)CC(=O)O)C(=O)O. The Morgan fingerprint density at radius 1 is 1.31 bits per heavy atom. The molecule has 0 saturated heterocycles. The topological polar surface area (TPSA) is 135 Å². The summed E-state index contributed by atoms with van der Waals surface area (Å²) < 4.78 is 21.7. The molecule has 0 aromatic carbocycles. The Bertz CT molecular complexity index is 307. The van der Waals surface area contributed by atoms with Crippen molar-refractivity contribution in [2.45, 2.75) is 6.04 Å². The van der Waals surface area contributed by atoms with E-state index in [0.717, 1.165) is 0 Å². The molecule has 1 atom stereocenters. The Labute approximate surface area is 74.1 Å². The quantitative estimate of drug-likeness (QED) is 0.473. The van der Waals surface area contributed by atoms with E-state index in [2.05, 4.69) is 0 Å². The van der Waals surface area contributed by atoms with E-state index in [-0.39, 0.29) is 0 Å². The number of carboxylic acids is 2. The molecule has 0 spiro atoms. The molecule has 76 valence electrons. The normalized spacial score (nSPS) is 13.6. The molecular formula is C5H9NO6S. The monoisotopic (exact) mass is 211 g/mol. The highest BCUT2D eigenvalue weighted by Gasteiger charge is 2.23. The van der Waals surface area contributed by atoms with Gasteiger partial charge in [0.25, 0.3) is 0 Å². The second-order valence-electron chi connectivity index (χ2n) is 2.39. The molecule has 1 unspecified atom stereocenters. The van der Waals surface area contributed by atoms with Crippen LogP contribution < -0.4 is 5.73 Å². The van der Waals surface area contributed by atoms with Crippen molar-refractivity contribution in [3.8, 4) is 0 Å². The van der Waals surface area contributed by atoms with Crippen molar-refractivity contribution in [2.24, 2.45) is 5.73 Å². The molecule has 13 heavy (non-hydrogen) atoms. The summed E-state index contributed by atoms with van der Waals surface area (Å²) in [6.45, 7) is 0. The number of hydrogen-bond donors (Lipinski definition) is 3. The number of aliphatic carboxylic acids is 2. The van der Waals surface area contributed by atoms with Gasteiger partial charge in [0, 0.05) is 0 Å². The summed E-state index contributed by atoms with van der Waals surface area (Å²) >= 11 is 0. The van der Waals surface area contributed by atoms with Gasteiger partial charge in [-0.3, -0.25) is 9.59 Å². The maximum atomic E-state index is 10.8. The van der Waals surface area contributed by atoms with Crippen molar-refractivity contribution >= 4 is 21.8 Å². The first-order valence-electron chi connectivity index (χ1n) is 3.15. The molecular weight excluding hydrogens is 202 g/mol. The molecule has 7 nitrogen and oxygen atoms in total. The van der Waals surface area contributed by atoms with E-state index >= 15 is 0 Å². The molecule has 0 aliphatic carbocycles. The summed E-state index contributed by atoms with van der Waals surface area (Å²) in [4.78, 5) is 20.1. The minimum atomic E-state index is -3.93. The molecule has 0 radical (unpaired) electrons. The summed E-state index contributed by atoms with van der Waals surface area (Å²) in [5.41, 5.74) is 4.91. The van der Waals surface area contributed by atoms with Crippen LogP contribution in [-0.2, 0) is 19.4 Å². The van der Waals surface area contributed by atoms with Crippen LogP contribution >= 0.6 is 0 Å². The van der Waals surface area contributed by atoms with Gasteiger partial charge in [-0.1, -0.05) is 0 Å². The molecule has 0 aromatic heterocycles. The lowest BCUT2D eigenvalue weighted by molar-refractivity contribution is -0.138. The van der Waals surface area contributed by atoms with Crippen LogP contribution in [0.2, 0.25) is 0 Å². The van der Waals surface area contributed by atoms with Crippen LogP contribution in [0.25, 0.3) is 0 Å². The standard InChI is InChI=1S/C5H9NO6S/c6-3(5(9)10)1-13(11,12)2-4(7)8/h3H,1-2,6H2,(H,7,8)(H,9,10). The average Bonchev–Trinajstić information content (AvgIpc) is 1.81. The first kappa shape index (κ1) is 11.8. The van der Waals surface area contributed by atoms with Gasteiger partial charge in [0.05, 0.1) is 5.75 Å². The van der Waals surface area contributed by atoms with Crippen molar-refractivity contribution in [2.75, 3.05) is 11.5 Å². The lowest BCUT2D eigenvalue weighted by Crippen LogP contribution is -2.38. The van der Waals surface area contributed by atoms with Crippen LogP contribution in [0.15, 0.2) is 0 Å². The van der Waals surface area contributed by atoms with Crippen LogP contribution in [0.5, 0.6) is 0 Å². The molecule has 0 bridgehead atoms. The highest BCUT2D eigenvalue weighted by Crippen LogP contribution is 1.93. The second kappa shape index (κ2) is 4.19. The van der Waals surface area contributed by atoms with E-state index in [9.17, 15) is 18.0 Å². The molecule has 0 saturated carbocycles. The highest BCUT2D eigenvalue weighted by molar-refractivity contribution is 7.92. The number of sulfone groups is 1. The van der Waals surface area contributed by atoms with Gasteiger partial charge >= 0.3 is 11.9 Å². The largest absolute Gasteiger partial charge is 0.480 e. The zero-order valence-electron chi connectivity index (χ0n) is 6.50. The van der Waals surface area contributed by atoms with Crippen LogP contribution in [0.3, 0.4) is 0 Å². The van der Waals surface area contributed by atoms with Crippen molar-refractivity contribution < 1.29 is 28.2 Å². The van der Waals surface area contributed by atoms with Gasteiger partial charge in [-0.05, 0) is 0 Å². The summed E-state index contributed by atoms with van der Waals surface area (Å²) in [7, 11) is -3.93. The van der Waals surface area contributed by atoms with Crippen LogP contribution in [-0.4, -0.2) is 48.1 Å². The number of rotatable bonds is 5. The summed E-state index contributed by atoms with van der Waals surface area (Å²) in [6, 6.07) is -1.58. The smallest absolute Gasteiger partial charge is 0.321 e. The maximum Gasteiger partial charge on any atom is 0.321 e. The van der Waals surface area contributed by atoms with E-state index in [1.54, 1.807) is 0 Å². The number of hydrogen-bond acceptors (Lipinski definition) is 5. The lowest BCUT2D eigenvalue weighted by Gasteiger charge is -2.04. The summed E-state index contributed by atoms with van der Waals surface area (Å²) in [5, 5.41) is 16.4. The molecule has 0 heterocycles. The molecule has 0 amide bonds. The van der Waals surface area contributed by atoms with Crippen LogP contribution in [0.4, 0.5) is 0 Å². The Morgan fingerprint density at radius 2 is 1.77 bits per heavy atom. The van der Waals surface area contributed by atoms with E-state index < -0.39 is 39.3 Å². The Hall–Kier alpha value is -1.15. The fourth-order valence-corrected chi connectivity index (χ4v) is 1.78. The van der Waals surface area contributed by atoms with Crippen molar-refractivity contribution in [1.29, 1.82) is 0 Å². The van der Waals surface area contributed by atoms with E-state index in [1.807, 2.05) is 0 Å². The Kier molecular flexibility index (Phi) is 3.82. The van der Waals surface area contributed by atoms with Gasteiger partial charge in [0.1, 0.15) is 11.8 Å². The minimum Gasteiger partial charge on any atom is -0.480 e. The van der Waals surface area contributed by atoms with Gasteiger partial charge in [-0.15, -0.1) is 0 Å². The molecule has 8 heteroatoms. The lowest BCUT2D eigenvalue weighted by atomic mass is 10.4. The summed E-state index contributed by atoms with van der Waals surface area (Å²) in [6.07, 6.45) is 0. The average molecular weight is 211 g/mol. The number of carbonyl (C=O) groups is 2. The molecule has 4 N–H and O–H groups in total. The van der Waals surface area contributed by atoms with Gasteiger partial charge in [0.2, 0.25) is 0 Å². The van der Waals surface area contributed by atoms with Gasteiger partial charge in [-0.25, -0.2) is 8.42 Å². The number of carboxylic acid groups (broad SMARTS) is 2. The fourth-order valence-electron chi connectivity index (χ4n) is 0.592. The third kappa shape index (κ3) is 5.15. The van der Waals surface area contributed by atoms with Crippen LogP contribution in [0.1, 0.15) is 0 Å². The summed E-state index contributed by atoms with van der Waals surface area (Å²) in [5.74, 6) is -4.98. The first-order valence-corrected chi connectivity index (χ1v) is 4.97. The zero-order chi connectivity index (χ0) is 10.6. The third-order valence-corrected chi connectivity index (χ3v) is 2.65. The van der Waals surface area contributed by atoms with Crippen molar-refractivity contribution in [3.63, 3.8) is 0 Å². The second-order valence-corrected chi connectivity index (χ2v) is 4.50. The molecule has 0 rings (SSSR count). The predicted octanol–water partition coefficient (Wildman–Crippen LogP) is -2.10. The van der Waals surface area contributed by atoms with Crippen molar-refractivity contribution in [3.05, 3.63) is 0 Å². The van der Waals surface area contributed by atoms with E-state index in [1.165, 1.54) is 0 Å². The van der Waals surface area contributed by atoms with Gasteiger partial charge in [0.15, 0.2) is 9.84 Å². The van der Waals surface area contributed by atoms with Crippen LogP contribution in [0, 0.1) is 0 Å². The molecule has 0 aromatic rings. The molecule has 0 fully saturated rings. The van der Waals surface area contributed by atoms with Crippen molar-refractivity contribution in [1.82, 2.24) is 0 Å².